The molecule has 0 unspecified atom stereocenters. The molecule has 0 saturated carbocycles. The zero-order valence-corrected chi connectivity index (χ0v) is 13.8. The molecule has 1 heterocycles. The Balaban J connectivity index is 2.21. The molecule has 0 saturated heterocycles. The van der Waals surface area contributed by atoms with Crippen molar-refractivity contribution in [2.45, 2.75) is 33.3 Å². The Bertz CT molecular complexity index is 872. The second kappa shape index (κ2) is 5.54. The number of imidazole rings is 1. The summed E-state index contributed by atoms with van der Waals surface area (Å²) < 4.78 is 7.12. The van der Waals surface area contributed by atoms with Gasteiger partial charge in [-0.25, -0.2) is 14.3 Å². The zero-order chi connectivity index (χ0) is 16.6. The standard InChI is InChI=1S/C19H20N2O2/c1-13-8-7-9-14(12-13)17-20-15-10-5-6-11-16(15)21(17)18(22)23-19(2,3)4/h5-12H,1-4H3. The topological polar surface area (TPSA) is 44.1 Å². The van der Waals surface area contributed by atoms with Crippen LogP contribution in [-0.2, 0) is 4.74 Å². The monoisotopic (exact) mass is 308 g/mol. The first-order chi connectivity index (χ1) is 10.8. The van der Waals surface area contributed by atoms with Crippen LogP contribution in [-0.4, -0.2) is 21.2 Å². The normalized spacial score (nSPS) is 11.7. The van der Waals surface area contributed by atoms with Gasteiger partial charge in [-0.2, -0.15) is 0 Å². The van der Waals surface area contributed by atoms with Gasteiger partial charge >= 0.3 is 6.09 Å². The van der Waals surface area contributed by atoms with Crippen LogP contribution in [0.4, 0.5) is 4.79 Å². The predicted molar refractivity (Wildman–Crippen MR) is 91.5 cm³/mol. The van der Waals surface area contributed by atoms with Crippen molar-refractivity contribution in [3.05, 3.63) is 54.1 Å². The number of nitrogens with zero attached hydrogens (tertiary/aromatic N) is 2. The Morgan fingerprint density at radius 1 is 1.09 bits per heavy atom. The average molecular weight is 308 g/mol. The number of aryl methyl sites for hydroxylation is 1. The fraction of sp³-hybridized carbons (Fsp3) is 0.263. The van der Waals surface area contributed by atoms with Crippen molar-refractivity contribution in [2.24, 2.45) is 0 Å². The van der Waals surface area contributed by atoms with Crippen molar-refractivity contribution in [1.82, 2.24) is 9.55 Å². The summed E-state index contributed by atoms with van der Waals surface area (Å²) >= 11 is 0. The molecule has 3 rings (SSSR count). The number of aromatic nitrogens is 2. The van der Waals surface area contributed by atoms with E-state index < -0.39 is 11.7 Å². The quantitative estimate of drug-likeness (QED) is 0.649. The fourth-order valence-corrected chi connectivity index (χ4v) is 2.50. The first kappa shape index (κ1) is 15.3. The smallest absolute Gasteiger partial charge is 0.420 e. The maximum Gasteiger partial charge on any atom is 0.420 e. The highest BCUT2D eigenvalue weighted by Gasteiger charge is 2.23. The van der Waals surface area contributed by atoms with Crippen molar-refractivity contribution in [1.29, 1.82) is 0 Å². The lowest BCUT2D eigenvalue weighted by Gasteiger charge is -2.20. The highest BCUT2D eigenvalue weighted by atomic mass is 16.6. The van der Waals surface area contributed by atoms with E-state index in [1.807, 2.05) is 76.2 Å². The molecule has 4 nitrogen and oxygen atoms in total. The number of carbonyl (C=O) groups is 1. The molecule has 2 aromatic carbocycles. The Morgan fingerprint density at radius 3 is 2.52 bits per heavy atom. The minimum Gasteiger partial charge on any atom is -0.443 e. The summed E-state index contributed by atoms with van der Waals surface area (Å²) in [5, 5.41) is 0. The van der Waals surface area contributed by atoms with Crippen LogP contribution in [0.25, 0.3) is 22.4 Å². The van der Waals surface area contributed by atoms with Crippen LogP contribution in [0.1, 0.15) is 26.3 Å². The number of hydrogen-bond donors (Lipinski definition) is 0. The molecule has 0 aliphatic heterocycles. The van der Waals surface area contributed by atoms with E-state index in [9.17, 15) is 4.79 Å². The van der Waals surface area contributed by atoms with Crippen LogP contribution in [0.3, 0.4) is 0 Å². The van der Waals surface area contributed by atoms with Gasteiger partial charge in [0.2, 0.25) is 0 Å². The fourth-order valence-electron chi connectivity index (χ4n) is 2.50. The molecule has 0 radical (unpaired) electrons. The van der Waals surface area contributed by atoms with Gasteiger partial charge < -0.3 is 4.74 Å². The van der Waals surface area contributed by atoms with Crippen molar-refractivity contribution < 1.29 is 9.53 Å². The lowest BCUT2D eigenvalue weighted by atomic mass is 10.1. The summed E-state index contributed by atoms with van der Waals surface area (Å²) in [6.45, 7) is 7.59. The van der Waals surface area contributed by atoms with E-state index >= 15 is 0 Å². The first-order valence-electron chi connectivity index (χ1n) is 7.63. The summed E-state index contributed by atoms with van der Waals surface area (Å²) in [5.74, 6) is 0.601. The van der Waals surface area contributed by atoms with Crippen LogP contribution < -0.4 is 0 Å². The molecule has 3 aromatic rings. The van der Waals surface area contributed by atoms with Crippen molar-refractivity contribution in [3.8, 4) is 11.4 Å². The second-order valence-corrected chi connectivity index (χ2v) is 6.61. The Morgan fingerprint density at radius 2 is 1.83 bits per heavy atom. The van der Waals surface area contributed by atoms with Gasteiger partial charge in [-0.1, -0.05) is 35.9 Å². The summed E-state index contributed by atoms with van der Waals surface area (Å²) in [7, 11) is 0. The molecular formula is C19H20N2O2. The van der Waals surface area contributed by atoms with Gasteiger partial charge in [0.15, 0.2) is 5.82 Å². The molecule has 0 amide bonds. The molecule has 0 N–H and O–H groups in total. The Kier molecular flexibility index (Phi) is 3.68. The number of para-hydroxylation sites is 2. The van der Waals surface area contributed by atoms with Gasteiger partial charge in [0.1, 0.15) is 5.60 Å². The average Bonchev–Trinajstić information content (AvgIpc) is 2.85. The lowest BCUT2D eigenvalue weighted by molar-refractivity contribution is 0.0546. The maximum absolute atomic E-state index is 12.7. The van der Waals surface area contributed by atoms with Gasteiger partial charge in [-0.15, -0.1) is 0 Å². The molecule has 0 aliphatic rings. The van der Waals surface area contributed by atoms with Gasteiger partial charge in [0, 0.05) is 5.56 Å². The molecule has 4 heteroatoms. The summed E-state index contributed by atoms with van der Waals surface area (Å²) in [6.07, 6.45) is -0.414. The van der Waals surface area contributed by atoms with E-state index in [0.717, 1.165) is 22.2 Å². The zero-order valence-electron chi connectivity index (χ0n) is 13.8. The second-order valence-electron chi connectivity index (χ2n) is 6.61. The largest absolute Gasteiger partial charge is 0.443 e. The van der Waals surface area contributed by atoms with Crippen LogP contribution in [0.15, 0.2) is 48.5 Å². The molecule has 0 spiro atoms. The summed E-state index contributed by atoms with van der Waals surface area (Å²) in [5.41, 5.74) is 2.97. The van der Waals surface area contributed by atoms with E-state index in [2.05, 4.69) is 4.98 Å². The number of fused-ring (bicyclic) bond motifs is 1. The predicted octanol–water partition coefficient (Wildman–Crippen LogP) is 4.79. The molecule has 0 fully saturated rings. The Hall–Kier alpha value is -2.62. The molecule has 0 atom stereocenters. The third-order valence-electron chi connectivity index (χ3n) is 3.41. The lowest BCUT2D eigenvalue weighted by Crippen LogP contribution is -2.27. The highest BCUT2D eigenvalue weighted by Crippen LogP contribution is 2.26. The molecule has 23 heavy (non-hydrogen) atoms. The Labute approximate surface area is 135 Å². The SMILES string of the molecule is Cc1cccc(-c2nc3ccccc3n2C(=O)OC(C)(C)C)c1. The highest BCUT2D eigenvalue weighted by molar-refractivity contribution is 5.92. The van der Waals surface area contributed by atoms with E-state index in [1.165, 1.54) is 0 Å². The van der Waals surface area contributed by atoms with Crippen LogP contribution in [0.5, 0.6) is 0 Å². The number of benzene rings is 2. The van der Waals surface area contributed by atoms with Gasteiger partial charge in [0.25, 0.3) is 0 Å². The van der Waals surface area contributed by atoms with E-state index in [4.69, 9.17) is 4.74 Å². The molecule has 118 valence electrons. The number of carbonyl (C=O) groups excluding carboxylic acids is 1. The number of ether oxygens (including phenoxy) is 1. The van der Waals surface area contributed by atoms with Crippen LogP contribution in [0.2, 0.25) is 0 Å². The van der Waals surface area contributed by atoms with E-state index in [0.29, 0.717) is 5.82 Å². The van der Waals surface area contributed by atoms with Crippen molar-refractivity contribution >= 4 is 17.1 Å². The van der Waals surface area contributed by atoms with E-state index in [-0.39, 0.29) is 0 Å². The van der Waals surface area contributed by atoms with Crippen molar-refractivity contribution in [2.75, 3.05) is 0 Å². The van der Waals surface area contributed by atoms with Gasteiger partial charge in [0.05, 0.1) is 11.0 Å². The number of hydrogen-bond acceptors (Lipinski definition) is 3. The third-order valence-corrected chi connectivity index (χ3v) is 3.41. The summed E-state index contributed by atoms with van der Waals surface area (Å²) in [4.78, 5) is 17.4. The minimum atomic E-state index is -0.563. The van der Waals surface area contributed by atoms with Crippen LogP contribution >= 0.6 is 0 Å². The van der Waals surface area contributed by atoms with Gasteiger partial charge in [-0.05, 0) is 45.9 Å². The van der Waals surface area contributed by atoms with Gasteiger partial charge in [-0.3, -0.25) is 0 Å². The maximum atomic E-state index is 12.7. The van der Waals surface area contributed by atoms with Crippen molar-refractivity contribution in [3.63, 3.8) is 0 Å². The number of rotatable bonds is 1. The van der Waals surface area contributed by atoms with E-state index in [1.54, 1.807) is 4.57 Å². The molecule has 0 bridgehead atoms. The van der Waals surface area contributed by atoms with Crippen LogP contribution in [0, 0.1) is 6.92 Å². The summed E-state index contributed by atoms with van der Waals surface area (Å²) in [6, 6.07) is 15.5. The molecular weight excluding hydrogens is 288 g/mol. The molecule has 0 aliphatic carbocycles. The third kappa shape index (κ3) is 3.11. The minimum absolute atomic E-state index is 0.414. The molecule has 1 aromatic heterocycles. The first-order valence-corrected chi connectivity index (χ1v) is 7.63.